The van der Waals surface area contributed by atoms with Crippen LogP contribution in [0.4, 0.5) is 5.69 Å². The van der Waals surface area contributed by atoms with Crippen LogP contribution >= 0.6 is 0 Å². The van der Waals surface area contributed by atoms with E-state index in [0.717, 1.165) is 18.2 Å². The number of nitrogens with zero attached hydrogens (tertiary/aromatic N) is 1. The molecule has 0 amide bonds. The first kappa shape index (κ1) is 15.9. The normalized spacial score (nSPS) is 24.8. The summed E-state index contributed by atoms with van der Waals surface area (Å²) in [6.07, 6.45) is -0.973. The Morgan fingerprint density at radius 3 is 2.52 bits per heavy atom. The molecule has 0 spiro atoms. The van der Waals surface area contributed by atoms with E-state index in [4.69, 9.17) is 4.18 Å². The van der Waals surface area contributed by atoms with Crippen molar-refractivity contribution in [3.63, 3.8) is 0 Å². The summed E-state index contributed by atoms with van der Waals surface area (Å²) < 4.78 is 52.0. The first-order valence-corrected chi connectivity index (χ1v) is 9.22. The van der Waals surface area contributed by atoms with Gasteiger partial charge in [0.05, 0.1) is 22.5 Å². The van der Waals surface area contributed by atoms with E-state index in [0.29, 0.717) is 0 Å². The van der Waals surface area contributed by atoms with E-state index in [1.54, 1.807) is 6.92 Å². The van der Waals surface area contributed by atoms with E-state index in [1.807, 2.05) is 0 Å². The summed E-state index contributed by atoms with van der Waals surface area (Å²) in [5.74, 6) is -0.965. The van der Waals surface area contributed by atoms with E-state index < -0.39 is 36.9 Å². The van der Waals surface area contributed by atoms with Crippen molar-refractivity contribution in [2.24, 2.45) is 5.92 Å². The molecule has 0 bridgehead atoms. The SMILES string of the molecule is C[C@@H]1CS(=O)(=O)C[C@@H]1OS(=O)(=O)c1cccc([N+](=O)[O-])c1. The lowest BCUT2D eigenvalue weighted by molar-refractivity contribution is -0.385. The van der Waals surface area contributed by atoms with E-state index in [1.165, 1.54) is 6.07 Å². The zero-order chi connectivity index (χ0) is 15.8. The highest BCUT2D eigenvalue weighted by atomic mass is 32.2. The van der Waals surface area contributed by atoms with Gasteiger partial charge in [0.2, 0.25) is 0 Å². The van der Waals surface area contributed by atoms with Crippen molar-refractivity contribution in [1.29, 1.82) is 0 Å². The molecule has 1 heterocycles. The molecule has 21 heavy (non-hydrogen) atoms. The fourth-order valence-electron chi connectivity index (χ4n) is 2.08. The molecule has 1 aliphatic rings. The van der Waals surface area contributed by atoms with Crippen LogP contribution in [0.5, 0.6) is 0 Å². The second-order valence-corrected chi connectivity index (χ2v) is 8.62. The van der Waals surface area contributed by atoms with Crippen molar-refractivity contribution in [2.75, 3.05) is 11.5 Å². The van der Waals surface area contributed by atoms with Gasteiger partial charge in [0.25, 0.3) is 15.8 Å². The van der Waals surface area contributed by atoms with Gasteiger partial charge in [-0.3, -0.25) is 14.3 Å². The molecule has 2 atom stereocenters. The Balaban J connectivity index is 2.27. The molecule has 1 saturated heterocycles. The predicted molar refractivity (Wildman–Crippen MR) is 73.0 cm³/mol. The number of nitro benzene ring substituents is 1. The molecular formula is C11H13NO7S2. The number of rotatable bonds is 4. The maximum absolute atomic E-state index is 12.1. The fourth-order valence-corrected chi connectivity index (χ4v) is 5.42. The minimum Gasteiger partial charge on any atom is -0.262 e. The lowest BCUT2D eigenvalue weighted by Gasteiger charge is -2.14. The highest BCUT2D eigenvalue weighted by Gasteiger charge is 2.38. The van der Waals surface area contributed by atoms with Crippen LogP contribution in [0.2, 0.25) is 0 Å². The number of non-ortho nitro benzene ring substituents is 1. The van der Waals surface area contributed by atoms with Crippen LogP contribution in [-0.2, 0) is 24.1 Å². The maximum atomic E-state index is 12.1. The molecule has 0 aliphatic carbocycles. The number of hydrogen-bond acceptors (Lipinski definition) is 7. The summed E-state index contributed by atoms with van der Waals surface area (Å²) in [6, 6.07) is 4.42. The second-order valence-electron chi connectivity index (χ2n) is 4.90. The van der Waals surface area contributed by atoms with Gasteiger partial charge in [-0.25, -0.2) is 8.42 Å². The molecule has 2 rings (SSSR count). The molecule has 0 aromatic heterocycles. The van der Waals surface area contributed by atoms with Crippen LogP contribution in [0, 0.1) is 16.0 Å². The third-order valence-electron chi connectivity index (χ3n) is 3.14. The van der Waals surface area contributed by atoms with Crippen molar-refractivity contribution < 1.29 is 25.9 Å². The van der Waals surface area contributed by atoms with E-state index in [2.05, 4.69) is 0 Å². The number of nitro groups is 1. The monoisotopic (exact) mass is 335 g/mol. The van der Waals surface area contributed by atoms with Crippen LogP contribution in [0.15, 0.2) is 29.2 Å². The van der Waals surface area contributed by atoms with Crippen LogP contribution in [-0.4, -0.2) is 39.4 Å². The molecule has 10 heteroatoms. The van der Waals surface area contributed by atoms with Gasteiger partial charge in [-0.2, -0.15) is 8.42 Å². The molecule has 8 nitrogen and oxygen atoms in total. The summed E-state index contributed by atoms with van der Waals surface area (Å²) >= 11 is 0. The van der Waals surface area contributed by atoms with Gasteiger partial charge in [-0.1, -0.05) is 13.0 Å². The topological polar surface area (TPSA) is 121 Å². The molecule has 1 aliphatic heterocycles. The summed E-state index contributed by atoms with van der Waals surface area (Å²) in [5, 5.41) is 10.7. The molecule has 116 valence electrons. The molecule has 0 unspecified atom stereocenters. The Hall–Kier alpha value is -1.52. The van der Waals surface area contributed by atoms with E-state index in [9.17, 15) is 26.9 Å². The molecule has 1 aromatic carbocycles. The zero-order valence-electron chi connectivity index (χ0n) is 11.0. The van der Waals surface area contributed by atoms with Gasteiger partial charge in [-0.05, 0) is 12.0 Å². The summed E-state index contributed by atoms with van der Waals surface area (Å²) in [6.45, 7) is 1.58. The Morgan fingerprint density at radius 2 is 2.00 bits per heavy atom. The Labute approximate surface area is 121 Å². The van der Waals surface area contributed by atoms with Crippen molar-refractivity contribution in [3.05, 3.63) is 34.4 Å². The first-order chi connectivity index (χ1) is 9.61. The van der Waals surface area contributed by atoms with Crippen LogP contribution in [0.1, 0.15) is 6.92 Å². The average molecular weight is 335 g/mol. The minimum absolute atomic E-state index is 0.137. The van der Waals surface area contributed by atoms with Crippen LogP contribution in [0.3, 0.4) is 0 Å². The minimum atomic E-state index is -4.25. The quantitative estimate of drug-likeness (QED) is 0.452. The van der Waals surface area contributed by atoms with Crippen LogP contribution in [0.25, 0.3) is 0 Å². The Morgan fingerprint density at radius 1 is 1.33 bits per heavy atom. The van der Waals surface area contributed by atoms with Crippen molar-refractivity contribution in [1.82, 2.24) is 0 Å². The lowest BCUT2D eigenvalue weighted by atomic mass is 10.1. The van der Waals surface area contributed by atoms with Crippen molar-refractivity contribution in [3.8, 4) is 0 Å². The Kier molecular flexibility index (Phi) is 4.04. The molecule has 1 aromatic rings. The van der Waals surface area contributed by atoms with Crippen molar-refractivity contribution in [2.45, 2.75) is 17.9 Å². The molecule has 0 saturated carbocycles. The van der Waals surface area contributed by atoms with Crippen molar-refractivity contribution >= 4 is 25.6 Å². The van der Waals surface area contributed by atoms with Gasteiger partial charge >= 0.3 is 0 Å². The molecule has 1 fully saturated rings. The number of sulfone groups is 1. The number of benzene rings is 1. The largest absolute Gasteiger partial charge is 0.297 e. The van der Waals surface area contributed by atoms with E-state index >= 15 is 0 Å². The summed E-state index contributed by atoms with van der Waals surface area (Å²) in [4.78, 5) is 9.56. The zero-order valence-corrected chi connectivity index (χ0v) is 12.6. The second kappa shape index (κ2) is 5.35. The summed E-state index contributed by atoms with van der Waals surface area (Å²) in [7, 11) is -7.57. The third-order valence-corrected chi connectivity index (χ3v) is 6.34. The standard InChI is InChI=1S/C11H13NO7S2/c1-8-6-20(15,16)7-11(8)19-21(17,18)10-4-2-3-9(5-10)12(13)14/h2-5,8,11H,6-7H2,1H3/t8-,11+/m1/s1. The van der Waals surface area contributed by atoms with Gasteiger partial charge in [0, 0.05) is 12.1 Å². The smallest absolute Gasteiger partial charge is 0.262 e. The molecule has 0 radical (unpaired) electrons. The maximum Gasteiger partial charge on any atom is 0.297 e. The van der Waals surface area contributed by atoms with Crippen LogP contribution < -0.4 is 0 Å². The van der Waals surface area contributed by atoms with Gasteiger partial charge in [-0.15, -0.1) is 0 Å². The van der Waals surface area contributed by atoms with Gasteiger partial charge in [0.15, 0.2) is 9.84 Å². The van der Waals surface area contributed by atoms with Gasteiger partial charge < -0.3 is 0 Å². The van der Waals surface area contributed by atoms with E-state index in [-0.39, 0.29) is 22.1 Å². The average Bonchev–Trinajstić information content (AvgIpc) is 2.61. The third kappa shape index (κ3) is 3.57. The molecule has 0 N–H and O–H groups in total. The fraction of sp³-hybridized carbons (Fsp3) is 0.455. The predicted octanol–water partition coefficient (Wildman–Crippen LogP) is 0.733. The highest BCUT2D eigenvalue weighted by molar-refractivity contribution is 7.91. The highest BCUT2D eigenvalue weighted by Crippen LogP contribution is 2.26. The molecular weight excluding hydrogens is 322 g/mol. The first-order valence-electron chi connectivity index (χ1n) is 5.99. The lowest BCUT2D eigenvalue weighted by Crippen LogP contribution is -2.24. The number of hydrogen-bond donors (Lipinski definition) is 0. The summed E-state index contributed by atoms with van der Waals surface area (Å²) in [5.41, 5.74) is -0.383. The Bertz CT molecular complexity index is 770. The van der Waals surface area contributed by atoms with Gasteiger partial charge in [0.1, 0.15) is 4.90 Å².